The molecule has 0 aliphatic rings. The number of ketones is 1. The lowest BCUT2D eigenvalue weighted by atomic mass is 10.1. The Morgan fingerprint density at radius 3 is 2.53 bits per heavy atom. The summed E-state index contributed by atoms with van der Waals surface area (Å²) in [7, 11) is 0. The van der Waals surface area contributed by atoms with Gasteiger partial charge in [-0.2, -0.15) is 0 Å². The maximum Gasteiger partial charge on any atom is 0.221 e. The highest BCUT2D eigenvalue weighted by Gasteiger charge is 2.12. The lowest BCUT2D eigenvalue weighted by molar-refractivity contribution is 0.103. The van der Waals surface area contributed by atoms with Crippen LogP contribution < -0.4 is 0 Å². The van der Waals surface area contributed by atoms with Crippen LogP contribution in [0.25, 0.3) is 0 Å². The Morgan fingerprint density at radius 1 is 1.33 bits per heavy atom. The Bertz CT molecular complexity index is 490. The summed E-state index contributed by atoms with van der Waals surface area (Å²) >= 11 is 1.30. The van der Waals surface area contributed by atoms with Crippen LogP contribution in [0, 0.1) is 12.7 Å². The quantitative estimate of drug-likeness (QED) is 0.730. The Hall–Kier alpha value is -1.55. The van der Waals surface area contributed by atoms with Gasteiger partial charge >= 0.3 is 0 Å². The van der Waals surface area contributed by atoms with Gasteiger partial charge in [0.05, 0.1) is 0 Å². The van der Waals surface area contributed by atoms with Gasteiger partial charge in [0.1, 0.15) is 5.82 Å². The molecule has 76 valence electrons. The Kier molecular flexibility index (Phi) is 2.60. The van der Waals surface area contributed by atoms with Gasteiger partial charge in [0, 0.05) is 16.6 Å². The van der Waals surface area contributed by atoms with Gasteiger partial charge in [0.25, 0.3) is 0 Å². The molecule has 0 saturated heterocycles. The van der Waals surface area contributed by atoms with Gasteiger partial charge in [-0.05, 0) is 31.2 Å². The third-order valence-corrected chi connectivity index (χ3v) is 2.88. The Labute approximate surface area is 90.4 Å². The van der Waals surface area contributed by atoms with E-state index in [0.717, 1.165) is 5.69 Å². The summed E-state index contributed by atoms with van der Waals surface area (Å²) in [5.74, 6) is -0.505. The van der Waals surface area contributed by atoms with E-state index in [1.807, 2.05) is 12.3 Å². The topological polar surface area (TPSA) is 30.0 Å². The highest BCUT2D eigenvalue weighted by Crippen LogP contribution is 2.14. The molecule has 0 aliphatic heterocycles. The number of carbonyl (C=O) groups excluding carboxylic acids is 1. The molecule has 15 heavy (non-hydrogen) atoms. The van der Waals surface area contributed by atoms with E-state index in [-0.39, 0.29) is 11.6 Å². The minimum atomic E-state index is -0.345. The molecular weight excluding hydrogens is 213 g/mol. The summed E-state index contributed by atoms with van der Waals surface area (Å²) in [5, 5.41) is 2.26. The SMILES string of the molecule is Cc1csc(C(=O)c2ccc(F)cc2)n1. The summed E-state index contributed by atoms with van der Waals surface area (Å²) in [4.78, 5) is 15.9. The largest absolute Gasteiger partial charge is 0.286 e. The zero-order chi connectivity index (χ0) is 10.8. The van der Waals surface area contributed by atoms with Crippen molar-refractivity contribution in [3.63, 3.8) is 0 Å². The molecule has 0 saturated carbocycles. The standard InChI is InChI=1S/C11H8FNOS/c1-7-6-15-11(13-7)10(14)8-2-4-9(12)5-3-8/h2-6H,1H3. The number of nitrogens with zero attached hydrogens (tertiary/aromatic N) is 1. The normalized spacial score (nSPS) is 10.3. The van der Waals surface area contributed by atoms with Gasteiger partial charge in [-0.3, -0.25) is 4.79 Å². The van der Waals surface area contributed by atoms with E-state index >= 15 is 0 Å². The fraction of sp³-hybridized carbons (Fsp3) is 0.0909. The van der Waals surface area contributed by atoms with Crippen LogP contribution in [0.5, 0.6) is 0 Å². The van der Waals surface area contributed by atoms with Gasteiger partial charge < -0.3 is 0 Å². The molecule has 2 nitrogen and oxygen atoms in total. The number of halogens is 1. The third-order valence-electron chi connectivity index (χ3n) is 1.92. The Morgan fingerprint density at radius 2 is 2.00 bits per heavy atom. The van der Waals surface area contributed by atoms with Gasteiger partial charge in [-0.1, -0.05) is 0 Å². The second kappa shape index (κ2) is 3.90. The first-order valence-corrected chi connectivity index (χ1v) is 5.27. The van der Waals surface area contributed by atoms with E-state index in [0.29, 0.717) is 10.6 Å². The predicted molar refractivity (Wildman–Crippen MR) is 56.7 cm³/mol. The smallest absolute Gasteiger partial charge is 0.221 e. The minimum absolute atomic E-state index is 0.159. The van der Waals surface area contributed by atoms with Crippen molar-refractivity contribution in [3.8, 4) is 0 Å². The van der Waals surface area contributed by atoms with Crippen LogP contribution in [0.15, 0.2) is 29.6 Å². The van der Waals surface area contributed by atoms with Gasteiger partial charge in [-0.15, -0.1) is 11.3 Å². The summed E-state index contributed by atoms with van der Waals surface area (Å²) in [5.41, 5.74) is 1.29. The van der Waals surface area contributed by atoms with Crippen molar-refractivity contribution < 1.29 is 9.18 Å². The van der Waals surface area contributed by atoms with Crippen LogP contribution in [0.3, 0.4) is 0 Å². The molecule has 4 heteroatoms. The van der Waals surface area contributed by atoms with E-state index in [2.05, 4.69) is 4.98 Å². The molecule has 0 atom stereocenters. The maximum atomic E-state index is 12.6. The first-order chi connectivity index (χ1) is 7.16. The molecule has 0 unspecified atom stereocenters. The molecule has 2 rings (SSSR count). The summed E-state index contributed by atoms with van der Waals surface area (Å²) in [6, 6.07) is 5.48. The highest BCUT2D eigenvalue weighted by molar-refractivity contribution is 7.12. The number of thiazole rings is 1. The number of benzene rings is 1. The number of carbonyl (C=O) groups is 1. The van der Waals surface area contributed by atoms with Crippen molar-refractivity contribution >= 4 is 17.1 Å². The zero-order valence-corrected chi connectivity index (χ0v) is 8.84. The molecule has 0 radical (unpaired) electrons. The molecule has 0 aliphatic carbocycles. The van der Waals surface area contributed by atoms with Gasteiger partial charge in [-0.25, -0.2) is 9.37 Å². The zero-order valence-electron chi connectivity index (χ0n) is 8.03. The van der Waals surface area contributed by atoms with Crippen molar-refractivity contribution in [3.05, 3.63) is 51.7 Å². The molecule has 0 bridgehead atoms. The van der Waals surface area contributed by atoms with E-state index in [1.54, 1.807) is 0 Å². The van der Waals surface area contributed by atoms with Crippen LogP contribution in [0.1, 0.15) is 21.1 Å². The summed E-state index contributed by atoms with van der Waals surface area (Å²) < 4.78 is 12.6. The lowest BCUT2D eigenvalue weighted by Gasteiger charge is -1.96. The van der Waals surface area contributed by atoms with Gasteiger partial charge in [0.15, 0.2) is 5.01 Å². The monoisotopic (exact) mass is 221 g/mol. The lowest BCUT2D eigenvalue weighted by Crippen LogP contribution is -2.00. The van der Waals surface area contributed by atoms with Crippen molar-refractivity contribution in [2.75, 3.05) is 0 Å². The first-order valence-electron chi connectivity index (χ1n) is 4.39. The third kappa shape index (κ3) is 2.10. The molecule has 1 aromatic carbocycles. The molecule has 0 spiro atoms. The molecule has 1 aromatic heterocycles. The average Bonchev–Trinajstić information content (AvgIpc) is 2.65. The van der Waals surface area contributed by atoms with Crippen molar-refractivity contribution in [1.82, 2.24) is 4.98 Å². The number of hydrogen-bond donors (Lipinski definition) is 0. The maximum absolute atomic E-state index is 12.6. The molecule has 1 heterocycles. The first kappa shape index (κ1) is 9.98. The molecular formula is C11H8FNOS. The summed E-state index contributed by atoms with van der Waals surface area (Å²) in [6.45, 7) is 1.83. The van der Waals surface area contributed by atoms with Crippen LogP contribution in [-0.2, 0) is 0 Å². The number of aromatic nitrogens is 1. The molecule has 0 amide bonds. The number of aryl methyl sites for hydroxylation is 1. The minimum Gasteiger partial charge on any atom is -0.286 e. The number of hydrogen-bond acceptors (Lipinski definition) is 3. The number of rotatable bonds is 2. The van der Waals surface area contributed by atoms with E-state index in [4.69, 9.17) is 0 Å². The molecule has 0 N–H and O–H groups in total. The second-order valence-electron chi connectivity index (χ2n) is 3.13. The van der Waals surface area contributed by atoms with Crippen molar-refractivity contribution in [2.45, 2.75) is 6.92 Å². The second-order valence-corrected chi connectivity index (χ2v) is 3.99. The van der Waals surface area contributed by atoms with Crippen LogP contribution >= 0.6 is 11.3 Å². The summed E-state index contributed by atoms with van der Waals surface area (Å²) in [6.07, 6.45) is 0. The van der Waals surface area contributed by atoms with Crippen molar-refractivity contribution in [1.29, 1.82) is 0 Å². The van der Waals surface area contributed by atoms with Crippen LogP contribution in [0.4, 0.5) is 4.39 Å². The van der Waals surface area contributed by atoms with Gasteiger partial charge in [0.2, 0.25) is 5.78 Å². The molecule has 0 fully saturated rings. The highest BCUT2D eigenvalue weighted by atomic mass is 32.1. The van der Waals surface area contributed by atoms with Crippen LogP contribution in [0.2, 0.25) is 0 Å². The van der Waals surface area contributed by atoms with E-state index in [9.17, 15) is 9.18 Å². The predicted octanol–water partition coefficient (Wildman–Crippen LogP) is 2.82. The fourth-order valence-electron chi connectivity index (χ4n) is 1.18. The van der Waals surface area contributed by atoms with E-state index < -0.39 is 0 Å². The van der Waals surface area contributed by atoms with Crippen molar-refractivity contribution in [2.24, 2.45) is 0 Å². The van der Waals surface area contributed by atoms with Crippen LogP contribution in [-0.4, -0.2) is 10.8 Å². The Balaban J connectivity index is 2.32. The fourth-order valence-corrected chi connectivity index (χ4v) is 1.94. The van der Waals surface area contributed by atoms with E-state index in [1.165, 1.54) is 35.6 Å². The molecule has 2 aromatic rings. The average molecular weight is 221 g/mol.